The van der Waals surface area contributed by atoms with Crippen LogP contribution in [-0.4, -0.2) is 83.1 Å². The molecule has 1 aromatic carbocycles. The van der Waals surface area contributed by atoms with Crippen molar-refractivity contribution in [1.29, 1.82) is 0 Å². The number of rotatable bonds is 12. The molecule has 1 aromatic rings. The van der Waals surface area contributed by atoms with Gasteiger partial charge < -0.3 is 24.1 Å². The highest BCUT2D eigenvalue weighted by Crippen LogP contribution is 2.56. The third kappa shape index (κ3) is 8.47. The van der Waals surface area contributed by atoms with Crippen LogP contribution in [0.25, 0.3) is 0 Å². The maximum atomic E-state index is 12.6. The number of nitrogens with one attached hydrogen (secondary N) is 1. The first-order valence-electron chi connectivity index (χ1n) is 13.4. The first-order valence-corrected chi connectivity index (χ1v) is 15.1. The number of alkyl halides is 1. The van der Waals surface area contributed by atoms with Crippen molar-refractivity contribution in [2.45, 2.75) is 76.0 Å². The summed E-state index contributed by atoms with van der Waals surface area (Å²) in [6, 6.07) is 9.93. The molecule has 1 aliphatic carbocycles. The second kappa shape index (κ2) is 14.5. The highest BCUT2D eigenvalue weighted by molar-refractivity contribution is 7.99. The van der Waals surface area contributed by atoms with Gasteiger partial charge in [-0.05, 0) is 57.8 Å². The number of aryl methyl sites for hydroxylation is 1. The summed E-state index contributed by atoms with van der Waals surface area (Å²) in [6.45, 7) is 5.83. The lowest BCUT2D eigenvalue weighted by molar-refractivity contribution is -0.204. The molecule has 3 rings (SSSR count). The molecule has 41 heavy (non-hydrogen) atoms. The molecule has 6 atom stereocenters. The molecule has 1 heterocycles. The number of benzene rings is 1. The lowest BCUT2D eigenvalue weighted by atomic mass is 9.66. The quantitative estimate of drug-likeness (QED) is 0.0885. The number of halogens is 1. The van der Waals surface area contributed by atoms with Crippen LogP contribution in [0.2, 0.25) is 0 Å². The first kappa shape index (κ1) is 32.9. The summed E-state index contributed by atoms with van der Waals surface area (Å²) in [7, 11) is 1.45. The molecule has 2 aliphatic rings. The number of amides is 2. The Bertz CT molecular complexity index is 1130. The predicted octanol–water partition coefficient (Wildman–Crippen LogP) is 4.13. The van der Waals surface area contributed by atoms with Gasteiger partial charge in [-0.2, -0.15) is 11.8 Å². The summed E-state index contributed by atoms with van der Waals surface area (Å²) in [4.78, 5) is 48.4. The zero-order chi connectivity index (χ0) is 30.2. The molecule has 6 unspecified atom stereocenters. The number of epoxide rings is 1. The van der Waals surface area contributed by atoms with E-state index in [9.17, 15) is 24.3 Å². The largest absolute Gasteiger partial charge is 0.473 e. The van der Waals surface area contributed by atoms with Gasteiger partial charge in [0.1, 0.15) is 29.3 Å². The Balaban J connectivity index is 1.94. The Hall–Kier alpha value is -2.60. The van der Waals surface area contributed by atoms with Gasteiger partial charge in [-0.15, -0.1) is 11.6 Å². The summed E-state index contributed by atoms with van der Waals surface area (Å²) < 4.78 is 23.6. The minimum Gasteiger partial charge on any atom is -0.473 e. The number of carbonyl (C=O) groups is 4. The van der Waals surface area contributed by atoms with Crippen LogP contribution in [0.5, 0.6) is 0 Å². The van der Waals surface area contributed by atoms with Crippen LogP contribution in [0, 0.1) is 5.92 Å². The summed E-state index contributed by atoms with van der Waals surface area (Å²) in [5.41, 5.74) is 0.0814. The second-order valence-corrected chi connectivity index (χ2v) is 12.1. The lowest BCUT2D eigenvalue weighted by Crippen LogP contribution is -2.63. The maximum absolute atomic E-state index is 12.6. The standard InChI is InChI=1S/C29H38ClNO9S/c1-18(2)10-11-21-28(3,39-21)24-23(37-4)20(38-27(36)31-22(32)16-30)12-14-29(24,40-26(35)25(33)34)17-41-15-13-19-8-6-5-7-9-19/h5-10,20-21,23-24H,11-17H2,1-4H3,(H,33,34)(H,31,32,36). The number of hydrogen-bond donors (Lipinski definition) is 2. The molecule has 0 spiro atoms. The Kier molecular flexibility index (Phi) is 11.7. The number of methoxy groups -OCH3 is 1. The van der Waals surface area contributed by atoms with E-state index in [-0.39, 0.29) is 24.7 Å². The molecule has 1 saturated carbocycles. The Morgan fingerprint density at radius 3 is 2.54 bits per heavy atom. The van der Waals surface area contributed by atoms with E-state index in [0.29, 0.717) is 12.2 Å². The number of esters is 1. The minimum atomic E-state index is -1.70. The van der Waals surface area contributed by atoms with E-state index in [2.05, 4.69) is 5.32 Å². The number of aliphatic carboxylic acids is 1. The zero-order valence-corrected chi connectivity index (χ0v) is 25.3. The molecule has 0 bridgehead atoms. The van der Waals surface area contributed by atoms with E-state index in [1.807, 2.05) is 57.2 Å². The summed E-state index contributed by atoms with van der Waals surface area (Å²) in [5.74, 6) is -3.92. The number of carboxylic acid groups (broad SMARTS) is 1. The zero-order valence-electron chi connectivity index (χ0n) is 23.7. The van der Waals surface area contributed by atoms with Gasteiger partial charge >= 0.3 is 18.0 Å². The van der Waals surface area contributed by atoms with E-state index < -0.39 is 59.1 Å². The van der Waals surface area contributed by atoms with Crippen molar-refractivity contribution < 1.29 is 43.2 Å². The molecule has 1 saturated heterocycles. The highest BCUT2D eigenvalue weighted by Gasteiger charge is 2.69. The van der Waals surface area contributed by atoms with Gasteiger partial charge in [0.05, 0.1) is 12.0 Å². The molecule has 10 nitrogen and oxygen atoms in total. The van der Waals surface area contributed by atoms with Crippen molar-refractivity contribution in [3.63, 3.8) is 0 Å². The van der Waals surface area contributed by atoms with Gasteiger partial charge in [0.25, 0.3) is 0 Å². The number of alkyl carbamates (subject to hydrolysis) is 1. The van der Waals surface area contributed by atoms with Crippen molar-refractivity contribution in [1.82, 2.24) is 5.32 Å². The van der Waals surface area contributed by atoms with Crippen LogP contribution in [0.15, 0.2) is 42.0 Å². The number of ether oxygens (including phenoxy) is 4. The van der Waals surface area contributed by atoms with Crippen LogP contribution in [-0.2, 0) is 39.8 Å². The Morgan fingerprint density at radius 2 is 1.93 bits per heavy atom. The van der Waals surface area contributed by atoms with Crippen molar-refractivity contribution >= 4 is 47.3 Å². The molecule has 2 fully saturated rings. The van der Waals surface area contributed by atoms with Crippen molar-refractivity contribution in [2.24, 2.45) is 5.92 Å². The maximum Gasteiger partial charge on any atom is 0.417 e. The van der Waals surface area contributed by atoms with Gasteiger partial charge in [-0.1, -0.05) is 42.0 Å². The third-order valence-electron chi connectivity index (χ3n) is 7.54. The van der Waals surface area contributed by atoms with Crippen LogP contribution < -0.4 is 5.32 Å². The summed E-state index contributed by atoms with van der Waals surface area (Å²) >= 11 is 7.04. The van der Waals surface area contributed by atoms with Crippen LogP contribution >= 0.6 is 23.4 Å². The molecule has 2 amide bonds. The van der Waals surface area contributed by atoms with Gasteiger partial charge in [-0.3, -0.25) is 10.1 Å². The van der Waals surface area contributed by atoms with E-state index in [1.54, 1.807) is 11.8 Å². The van der Waals surface area contributed by atoms with Crippen LogP contribution in [0.4, 0.5) is 4.79 Å². The fourth-order valence-corrected chi connectivity index (χ4v) is 6.90. The highest BCUT2D eigenvalue weighted by atomic mass is 35.5. The smallest absolute Gasteiger partial charge is 0.417 e. The van der Waals surface area contributed by atoms with E-state index in [4.69, 9.17) is 30.5 Å². The van der Waals surface area contributed by atoms with Crippen molar-refractivity contribution in [2.75, 3.05) is 24.5 Å². The molecule has 0 aromatic heterocycles. The Morgan fingerprint density at radius 1 is 1.22 bits per heavy atom. The first-order chi connectivity index (χ1) is 19.5. The minimum absolute atomic E-state index is 0.185. The molecule has 2 N–H and O–H groups in total. The van der Waals surface area contributed by atoms with Gasteiger partial charge in [-0.25, -0.2) is 14.4 Å². The van der Waals surface area contributed by atoms with Crippen molar-refractivity contribution in [3.8, 4) is 0 Å². The SMILES string of the molecule is COC1C(OC(=O)NC(=O)CCl)CCC(CSCCc2ccccc2)(OC(=O)C(=O)O)C1C1(C)OC1CC=C(C)C. The lowest BCUT2D eigenvalue weighted by Gasteiger charge is -2.50. The number of carbonyl (C=O) groups excluding carboxylic acids is 3. The molecule has 1 aliphatic heterocycles. The topological polar surface area (TPSA) is 141 Å². The average molecular weight is 612 g/mol. The monoisotopic (exact) mass is 611 g/mol. The fraction of sp³-hybridized carbons (Fsp3) is 0.586. The number of imide groups is 1. The number of thioether (sulfide) groups is 1. The normalized spacial score (nSPS) is 28.7. The fourth-order valence-electron chi connectivity index (χ4n) is 5.58. The van der Waals surface area contributed by atoms with Gasteiger partial charge in [0.2, 0.25) is 5.91 Å². The van der Waals surface area contributed by atoms with E-state index in [1.165, 1.54) is 7.11 Å². The average Bonchev–Trinajstić information content (AvgIpc) is 3.61. The van der Waals surface area contributed by atoms with Crippen LogP contribution in [0.3, 0.4) is 0 Å². The molecular weight excluding hydrogens is 574 g/mol. The van der Waals surface area contributed by atoms with Gasteiger partial charge in [0, 0.05) is 12.9 Å². The molecule has 0 radical (unpaired) electrons. The summed E-state index contributed by atoms with van der Waals surface area (Å²) in [6.07, 6.45) is 0.876. The van der Waals surface area contributed by atoms with E-state index >= 15 is 0 Å². The van der Waals surface area contributed by atoms with Crippen LogP contribution in [0.1, 0.15) is 45.6 Å². The summed E-state index contributed by atoms with van der Waals surface area (Å²) in [5, 5.41) is 11.5. The molecule has 226 valence electrons. The Labute approximate surface area is 249 Å². The number of allylic oxidation sites excluding steroid dienone is 1. The predicted molar refractivity (Wildman–Crippen MR) is 154 cm³/mol. The van der Waals surface area contributed by atoms with Crippen molar-refractivity contribution in [3.05, 3.63) is 47.5 Å². The molecular formula is C29H38ClNO9S. The molecule has 12 heteroatoms. The second-order valence-electron chi connectivity index (χ2n) is 10.7. The number of carboxylic acids is 1. The number of hydrogen-bond acceptors (Lipinski definition) is 9. The van der Waals surface area contributed by atoms with E-state index in [0.717, 1.165) is 17.6 Å². The third-order valence-corrected chi connectivity index (χ3v) is 8.97. The van der Waals surface area contributed by atoms with Gasteiger partial charge in [0.15, 0.2) is 0 Å².